The van der Waals surface area contributed by atoms with Crippen molar-refractivity contribution in [1.29, 1.82) is 0 Å². The molecule has 2 aromatic heterocycles. The summed E-state index contributed by atoms with van der Waals surface area (Å²) >= 11 is 0. The second-order valence-corrected chi connectivity index (χ2v) is 7.40. The van der Waals surface area contributed by atoms with E-state index >= 15 is 0 Å². The van der Waals surface area contributed by atoms with Crippen LogP contribution in [0.5, 0.6) is 0 Å². The molecule has 0 spiro atoms. The maximum absolute atomic E-state index is 4.56. The van der Waals surface area contributed by atoms with E-state index in [1.165, 1.54) is 42.6 Å². The number of nitrogens with one attached hydrogen (secondary N) is 1. The van der Waals surface area contributed by atoms with E-state index < -0.39 is 0 Å². The largest absolute Gasteiger partial charge is 0.310 e. The molecule has 1 aliphatic heterocycles. The zero-order valence-electron chi connectivity index (χ0n) is 14.8. The Kier molecular flexibility index (Phi) is 4.41. The first-order chi connectivity index (χ1) is 11.7. The first-order valence-electron chi connectivity index (χ1n) is 9.14. The molecule has 0 aromatic carbocycles. The Morgan fingerprint density at radius 3 is 2.96 bits per heavy atom. The predicted molar refractivity (Wildman–Crippen MR) is 93.6 cm³/mol. The van der Waals surface area contributed by atoms with Gasteiger partial charge in [0.2, 0.25) is 0 Å². The standard InChI is InChI=1S/C18H28N6/c1-22-8-9-24-18(13-22)15(12-21-24)11-19-16-5-3-4-14(10-16)17-6-7-20-23(17)2/h6-7,12,14,16,19H,3-5,8-11,13H2,1-2H3. The highest BCUT2D eigenvalue weighted by Crippen LogP contribution is 2.32. The lowest BCUT2D eigenvalue weighted by atomic mass is 9.83. The number of aryl methyl sites for hydroxylation is 1. The molecule has 4 rings (SSSR count). The minimum Gasteiger partial charge on any atom is -0.310 e. The van der Waals surface area contributed by atoms with Gasteiger partial charge in [-0.2, -0.15) is 10.2 Å². The van der Waals surface area contributed by atoms with Gasteiger partial charge >= 0.3 is 0 Å². The lowest BCUT2D eigenvalue weighted by Gasteiger charge is -2.30. The lowest BCUT2D eigenvalue weighted by Crippen LogP contribution is -2.35. The van der Waals surface area contributed by atoms with E-state index in [4.69, 9.17) is 0 Å². The van der Waals surface area contributed by atoms with Crippen LogP contribution in [0.1, 0.15) is 48.6 Å². The summed E-state index contributed by atoms with van der Waals surface area (Å²) in [7, 11) is 4.25. The molecule has 0 amide bonds. The highest BCUT2D eigenvalue weighted by atomic mass is 15.3. The number of hydrogen-bond acceptors (Lipinski definition) is 4. The van der Waals surface area contributed by atoms with Crippen LogP contribution >= 0.6 is 0 Å². The number of rotatable bonds is 4. The maximum atomic E-state index is 4.56. The summed E-state index contributed by atoms with van der Waals surface area (Å²) in [6, 6.07) is 2.77. The van der Waals surface area contributed by atoms with Gasteiger partial charge < -0.3 is 5.32 Å². The van der Waals surface area contributed by atoms with Crippen molar-refractivity contribution >= 4 is 0 Å². The van der Waals surface area contributed by atoms with Crippen LogP contribution in [0.3, 0.4) is 0 Å². The molecular formula is C18H28N6. The van der Waals surface area contributed by atoms with Gasteiger partial charge in [-0.3, -0.25) is 14.3 Å². The van der Waals surface area contributed by atoms with Gasteiger partial charge in [0.05, 0.1) is 18.4 Å². The summed E-state index contributed by atoms with van der Waals surface area (Å²) in [5, 5.41) is 12.7. The molecule has 0 radical (unpaired) electrons. The summed E-state index contributed by atoms with van der Waals surface area (Å²) in [4.78, 5) is 2.37. The fourth-order valence-corrected chi connectivity index (χ4v) is 4.26. The van der Waals surface area contributed by atoms with Crippen LogP contribution in [0, 0.1) is 0 Å². The molecule has 1 saturated carbocycles. The van der Waals surface area contributed by atoms with Crippen LogP contribution in [0.15, 0.2) is 18.5 Å². The third-order valence-electron chi connectivity index (χ3n) is 5.68. The molecule has 3 heterocycles. The average molecular weight is 328 g/mol. The van der Waals surface area contributed by atoms with Crippen LogP contribution in [0.25, 0.3) is 0 Å². The van der Waals surface area contributed by atoms with Gasteiger partial charge in [-0.05, 0) is 32.4 Å². The highest BCUT2D eigenvalue weighted by Gasteiger charge is 2.25. The van der Waals surface area contributed by atoms with E-state index in [1.807, 2.05) is 10.9 Å². The van der Waals surface area contributed by atoms with Gasteiger partial charge in [0, 0.05) is 56.1 Å². The fraction of sp³-hybridized carbons (Fsp3) is 0.667. The number of aromatic nitrogens is 4. The van der Waals surface area contributed by atoms with Crippen molar-refractivity contribution in [3.05, 3.63) is 35.4 Å². The van der Waals surface area contributed by atoms with Gasteiger partial charge in [-0.1, -0.05) is 6.42 Å². The van der Waals surface area contributed by atoms with E-state index in [0.717, 1.165) is 26.2 Å². The Labute approximate surface area is 143 Å². The van der Waals surface area contributed by atoms with Crippen molar-refractivity contribution in [2.24, 2.45) is 7.05 Å². The predicted octanol–water partition coefficient (Wildman–Crippen LogP) is 1.88. The van der Waals surface area contributed by atoms with Crippen LogP contribution in [0.4, 0.5) is 0 Å². The third kappa shape index (κ3) is 3.13. The zero-order valence-corrected chi connectivity index (χ0v) is 14.8. The van der Waals surface area contributed by atoms with Crippen molar-refractivity contribution in [2.45, 2.75) is 57.3 Å². The Morgan fingerprint density at radius 2 is 2.12 bits per heavy atom. The lowest BCUT2D eigenvalue weighted by molar-refractivity contribution is 0.257. The molecule has 6 nitrogen and oxygen atoms in total. The minimum atomic E-state index is 0.593. The Bertz CT molecular complexity index is 687. The molecule has 6 heteroatoms. The van der Waals surface area contributed by atoms with Crippen molar-refractivity contribution in [1.82, 2.24) is 29.8 Å². The highest BCUT2D eigenvalue weighted by molar-refractivity contribution is 5.19. The molecule has 1 aliphatic carbocycles. The monoisotopic (exact) mass is 328 g/mol. The Hall–Kier alpha value is -1.66. The molecule has 0 saturated heterocycles. The van der Waals surface area contributed by atoms with Crippen molar-refractivity contribution in [3.63, 3.8) is 0 Å². The first kappa shape index (κ1) is 15.8. The number of hydrogen-bond donors (Lipinski definition) is 1. The molecule has 0 bridgehead atoms. The van der Waals surface area contributed by atoms with E-state index in [2.05, 4.69) is 51.5 Å². The van der Waals surface area contributed by atoms with Gasteiger partial charge in [-0.25, -0.2) is 0 Å². The van der Waals surface area contributed by atoms with Gasteiger partial charge in [0.25, 0.3) is 0 Å². The molecule has 1 N–H and O–H groups in total. The van der Waals surface area contributed by atoms with Crippen molar-refractivity contribution < 1.29 is 0 Å². The SMILES string of the molecule is CN1CCn2ncc(CNC3CCCC(c4ccnn4C)C3)c2C1. The Balaban J connectivity index is 1.38. The van der Waals surface area contributed by atoms with Crippen molar-refractivity contribution in [2.75, 3.05) is 13.6 Å². The quantitative estimate of drug-likeness (QED) is 0.931. The van der Waals surface area contributed by atoms with E-state index in [-0.39, 0.29) is 0 Å². The summed E-state index contributed by atoms with van der Waals surface area (Å²) < 4.78 is 4.22. The summed E-state index contributed by atoms with van der Waals surface area (Å²) in [6.45, 7) is 4.06. The fourth-order valence-electron chi connectivity index (χ4n) is 4.26. The van der Waals surface area contributed by atoms with Gasteiger partial charge in [0.15, 0.2) is 0 Å². The number of likely N-dealkylation sites (N-methyl/N-ethyl adjacent to an activating group) is 1. The zero-order chi connectivity index (χ0) is 16.5. The van der Waals surface area contributed by atoms with E-state index in [9.17, 15) is 0 Å². The van der Waals surface area contributed by atoms with Gasteiger partial charge in [0.1, 0.15) is 0 Å². The smallest absolute Gasteiger partial charge is 0.0569 e. The van der Waals surface area contributed by atoms with E-state index in [0.29, 0.717) is 12.0 Å². The van der Waals surface area contributed by atoms with Gasteiger partial charge in [-0.15, -0.1) is 0 Å². The summed E-state index contributed by atoms with van der Waals surface area (Å²) in [6.07, 6.45) is 9.04. The topological polar surface area (TPSA) is 50.9 Å². The molecular weight excluding hydrogens is 300 g/mol. The maximum Gasteiger partial charge on any atom is 0.0569 e. The molecule has 2 unspecified atom stereocenters. The first-order valence-corrected chi connectivity index (χ1v) is 9.14. The normalized spacial score (nSPS) is 24.9. The molecule has 2 atom stereocenters. The molecule has 24 heavy (non-hydrogen) atoms. The van der Waals surface area contributed by atoms with Crippen LogP contribution in [0.2, 0.25) is 0 Å². The van der Waals surface area contributed by atoms with E-state index in [1.54, 1.807) is 0 Å². The van der Waals surface area contributed by atoms with Crippen molar-refractivity contribution in [3.8, 4) is 0 Å². The minimum absolute atomic E-state index is 0.593. The number of nitrogens with zero attached hydrogens (tertiary/aromatic N) is 5. The molecule has 1 fully saturated rings. The van der Waals surface area contributed by atoms with Crippen LogP contribution in [-0.4, -0.2) is 44.1 Å². The van der Waals surface area contributed by atoms with Crippen LogP contribution < -0.4 is 5.32 Å². The summed E-state index contributed by atoms with van der Waals surface area (Å²) in [5.41, 5.74) is 4.13. The molecule has 2 aliphatic rings. The second-order valence-electron chi connectivity index (χ2n) is 7.40. The molecule has 130 valence electrons. The van der Waals surface area contributed by atoms with Crippen LogP contribution in [-0.2, 0) is 26.7 Å². The third-order valence-corrected chi connectivity index (χ3v) is 5.68. The Morgan fingerprint density at radius 1 is 1.21 bits per heavy atom. The second kappa shape index (κ2) is 6.69. The number of fused-ring (bicyclic) bond motifs is 1. The average Bonchev–Trinajstić information content (AvgIpc) is 3.19. The summed E-state index contributed by atoms with van der Waals surface area (Å²) in [5.74, 6) is 0.635. The molecule has 2 aromatic rings.